The molecule has 1 rings (SSSR count). The Morgan fingerprint density at radius 2 is 2.33 bits per heavy atom. The number of carboxylic acids is 1. The normalized spacial score (nSPS) is 29.4. The fourth-order valence-corrected chi connectivity index (χ4v) is 1.75. The molecular weight excluding hydrogens is 151 g/mol. The van der Waals surface area contributed by atoms with Gasteiger partial charge < -0.3 is 5.11 Å². The van der Waals surface area contributed by atoms with E-state index in [0.717, 1.165) is 18.6 Å². The molecule has 0 saturated carbocycles. The molecule has 0 aromatic heterocycles. The second-order valence-electron chi connectivity index (χ2n) is 3.82. The van der Waals surface area contributed by atoms with Crippen LogP contribution in [-0.2, 0) is 4.79 Å². The van der Waals surface area contributed by atoms with Gasteiger partial charge in [-0.2, -0.15) is 0 Å². The van der Waals surface area contributed by atoms with Crippen LogP contribution < -0.4 is 0 Å². The average Bonchev–Trinajstić information content (AvgIpc) is 2.03. The zero-order chi connectivity index (χ0) is 8.97. The van der Waals surface area contributed by atoms with E-state index in [4.69, 9.17) is 5.11 Å². The van der Waals surface area contributed by atoms with Gasteiger partial charge in [0, 0.05) is 6.42 Å². The Morgan fingerprint density at radius 3 is 2.83 bits per heavy atom. The Balaban J connectivity index is 2.13. The monoisotopic (exact) mass is 167 g/mol. The van der Waals surface area contributed by atoms with Gasteiger partial charge in [-0.3, -0.25) is 4.79 Å². The Morgan fingerprint density at radius 1 is 1.58 bits per heavy atom. The van der Waals surface area contributed by atoms with E-state index >= 15 is 0 Å². The number of carbonyl (C=O) groups is 1. The van der Waals surface area contributed by atoms with E-state index in [9.17, 15) is 4.79 Å². The molecule has 0 aromatic rings. The molecule has 67 valence electrons. The smallest absolute Gasteiger partial charge is 0.303 e. The van der Waals surface area contributed by atoms with E-state index in [-0.39, 0.29) is 0 Å². The topological polar surface area (TPSA) is 37.3 Å². The molecule has 0 spiro atoms. The van der Waals surface area contributed by atoms with E-state index in [2.05, 4.69) is 14.2 Å². The maximum atomic E-state index is 10.3. The molecule has 1 heterocycles. The standard InChI is InChI=1S/C9H16BO2/c1-7-2-3-8(6-10-7)4-5-9(11)12/h7-8H,2-6H2,1H3,(H,11,12). The molecule has 2 nitrogen and oxygen atoms in total. The molecule has 1 fully saturated rings. The summed E-state index contributed by atoms with van der Waals surface area (Å²) < 4.78 is 0. The van der Waals surface area contributed by atoms with Crippen LogP contribution in [0.5, 0.6) is 0 Å². The molecule has 2 unspecified atom stereocenters. The Labute approximate surface area is 74.6 Å². The van der Waals surface area contributed by atoms with Gasteiger partial charge in [0.05, 0.1) is 0 Å². The predicted octanol–water partition coefficient (Wildman–Crippen LogP) is 2.19. The van der Waals surface area contributed by atoms with Gasteiger partial charge in [-0.1, -0.05) is 31.9 Å². The second kappa shape index (κ2) is 4.53. The SMILES string of the molecule is CC1[B]CC(CCC(=O)O)CC1. The highest BCUT2D eigenvalue weighted by Crippen LogP contribution is 2.29. The summed E-state index contributed by atoms with van der Waals surface area (Å²) in [6.07, 6.45) is 4.77. The van der Waals surface area contributed by atoms with Crippen LogP contribution in [0.25, 0.3) is 0 Å². The fraction of sp³-hybridized carbons (Fsp3) is 0.889. The number of rotatable bonds is 3. The maximum Gasteiger partial charge on any atom is 0.303 e. The Bertz CT molecular complexity index is 151. The molecule has 1 saturated heterocycles. The Hall–Kier alpha value is -0.465. The first-order chi connectivity index (χ1) is 5.68. The minimum Gasteiger partial charge on any atom is -0.481 e. The summed E-state index contributed by atoms with van der Waals surface area (Å²) in [4.78, 5) is 10.3. The van der Waals surface area contributed by atoms with Crippen molar-refractivity contribution in [2.24, 2.45) is 5.92 Å². The highest BCUT2D eigenvalue weighted by molar-refractivity contribution is 6.37. The summed E-state index contributed by atoms with van der Waals surface area (Å²) in [5, 5.41) is 8.49. The summed E-state index contributed by atoms with van der Waals surface area (Å²) in [5.41, 5.74) is 0. The summed E-state index contributed by atoms with van der Waals surface area (Å²) in [5.74, 6) is 0.719. The minimum absolute atomic E-state index is 0.340. The molecule has 3 heteroatoms. The van der Waals surface area contributed by atoms with Crippen LogP contribution in [0, 0.1) is 5.92 Å². The molecular formula is C9H16BO2. The number of aliphatic carboxylic acids is 1. The van der Waals surface area contributed by atoms with Crippen molar-refractivity contribution >= 4 is 13.2 Å². The van der Waals surface area contributed by atoms with Crippen molar-refractivity contribution in [2.45, 2.75) is 44.7 Å². The zero-order valence-corrected chi connectivity index (χ0v) is 7.62. The first-order valence-electron chi connectivity index (χ1n) is 4.73. The molecule has 1 aliphatic rings. The van der Waals surface area contributed by atoms with Crippen LogP contribution in [0.4, 0.5) is 0 Å². The van der Waals surface area contributed by atoms with Gasteiger partial charge in [0.15, 0.2) is 0 Å². The molecule has 0 amide bonds. The minimum atomic E-state index is -0.659. The third-order valence-corrected chi connectivity index (χ3v) is 2.67. The van der Waals surface area contributed by atoms with Gasteiger partial charge in [-0.05, 0) is 12.3 Å². The van der Waals surface area contributed by atoms with Crippen molar-refractivity contribution in [1.82, 2.24) is 0 Å². The van der Waals surface area contributed by atoms with Crippen molar-refractivity contribution in [1.29, 1.82) is 0 Å². The zero-order valence-electron chi connectivity index (χ0n) is 7.62. The summed E-state index contributed by atoms with van der Waals surface area (Å²) in [6.45, 7) is 2.23. The maximum absolute atomic E-state index is 10.3. The molecule has 0 aliphatic carbocycles. The molecule has 0 bridgehead atoms. The van der Waals surface area contributed by atoms with Gasteiger partial charge >= 0.3 is 5.97 Å². The Kier molecular flexibility index (Phi) is 3.64. The molecule has 2 atom stereocenters. The fourth-order valence-electron chi connectivity index (χ4n) is 1.75. The predicted molar refractivity (Wildman–Crippen MR) is 49.6 cm³/mol. The van der Waals surface area contributed by atoms with Crippen LogP contribution in [-0.4, -0.2) is 18.4 Å². The highest BCUT2D eigenvalue weighted by atomic mass is 16.4. The van der Waals surface area contributed by atoms with E-state index < -0.39 is 5.97 Å². The lowest BCUT2D eigenvalue weighted by Gasteiger charge is -2.24. The van der Waals surface area contributed by atoms with Gasteiger partial charge in [0.2, 0.25) is 0 Å². The number of hydrogen-bond donors (Lipinski definition) is 1. The molecule has 0 aromatic carbocycles. The van der Waals surface area contributed by atoms with Crippen molar-refractivity contribution in [3.8, 4) is 0 Å². The molecule has 1 N–H and O–H groups in total. The summed E-state index contributed by atoms with van der Waals surface area (Å²) in [7, 11) is 2.33. The highest BCUT2D eigenvalue weighted by Gasteiger charge is 2.19. The number of hydrogen-bond acceptors (Lipinski definition) is 1. The van der Waals surface area contributed by atoms with Crippen molar-refractivity contribution in [3.63, 3.8) is 0 Å². The lowest BCUT2D eigenvalue weighted by Crippen LogP contribution is -2.16. The molecule has 12 heavy (non-hydrogen) atoms. The van der Waals surface area contributed by atoms with Crippen LogP contribution in [0.3, 0.4) is 0 Å². The first kappa shape index (κ1) is 9.62. The lowest BCUT2D eigenvalue weighted by molar-refractivity contribution is -0.137. The van der Waals surface area contributed by atoms with E-state index in [0.29, 0.717) is 12.3 Å². The van der Waals surface area contributed by atoms with Gasteiger partial charge in [0.1, 0.15) is 7.28 Å². The largest absolute Gasteiger partial charge is 0.481 e. The van der Waals surface area contributed by atoms with E-state index in [1.165, 1.54) is 12.8 Å². The second-order valence-corrected chi connectivity index (χ2v) is 3.82. The van der Waals surface area contributed by atoms with Crippen LogP contribution >= 0.6 is 0 Å². The van der Waals surface area contributed by atoms with Crippen LogP contribution in [0.15, 0.2) is 0 Å². The van der Waals surface area contributed by atoms with Crippen LogP contribution in [0.1, 0.15) is 32.6 Å². The van der Waals surface area contributed by atoms with Crippen molar-refractivity contribution < 1.29 is 9.90 Å². The third kappa shape index (κ3) is 3.29. The number of carboxylic acid groups (broad SMARTS) is 1. The summed E-state index contributed by atoms with van der Waals surface area (Å²) in [6, 6.07) is 0. The quantitative estimate of drug-likeness (QED) is 0.654. The van der Waals surface area contributed by atoms with Gasteiger partial charge in [0.25, 0.3) is 0 Å². The average molecular weight is 167 g/mol. The first-order valence-corrected chi connectivity index (χ1v) is 4.73. The van der Waals surface area contributed by atoms with E-state index in [1.807, 2.05) is 0 Å². The lowest BCUT2D eigenvalue weighted by atomic mass is 9.53. The third-order valence-electron chi connectivity index (χ3n) is 2.67. The molecule has 1 aliphatic heterocycles. The van der Waals surface area contributed by atoms with Crippen molar-refractivity contribution in [3.05, 3.63) is 0 Å². The van der Waals surface area contributed by atoms with Crippen molar-refractivity contribution in [2.75, 3.05) is 0 Å². The van der Waals surface area contributed by atoms with Gasteiger partial charge in [-0.25, -0.2) is 0 Å². The van der Waals surface area contributed by atoms with Crippen LogP contribution in [0.2, 0.25) is 12.1 Å². The van der Waals surface area contributed by atoms with E-state index in [1.54, 1.807) is 0 Å². The van der Waals surface area contributed by atoms with Gasteiger partial charge in [-0.15, -0.1) is 0 Å². The summed E-state index contributed by atoms with van der Waals surface area (Å²) >= 11 is 0. The molecule has 1 radical (unpaired) electrons.